The second-order valence-electron chi connectivity index (χ2n) is 6.81. The Hall–Kier alpha value is -2.41. The van der Waals surface area contributed by atoms with E-state index in [4.69, 9.17) is 14.1 Å². The van der Waals surface area contributed by atoms with Crippen LogP contribution in [0.25, 0.3) is 11.5 Å². The van der Waals surface area contributed by atoms with Crippen LogP contribution in [0.3, 0.4) is 0 Å². The highest BCUT2D eigenvalue weighted by atomic mass is 32.1. The van der Waals surface area contributed by atoms with Gasteiger partial charge in [-0.15, -0.1) is 22.7 Å². The average Bonchev–Trinajstić information content (AvgIpc) is 3.49. The second-order valence-corrected chi connectivity index (χ2v) is 8.79. The maximum atomic E-state index is 5.77. The summed E-state index contributed by atoms with van der Waals surface area (Å²) in [6.45, 7) is 1.80. The maximum absolute atomic E-state index is 5.77. The third-order valence-electron chi connectivity index (χ3n) is 5.13. The Morgan fingerprint density at radius 2 is 2.04 bits per heavy atom. The summed E-state index contributed by atoms with van der Waals surface area (Å²) in [6, 6.07) is 14.8. The molecule has 0 radical (unpaired) electrons. The van der Waals surface area contributed by atoms with Crippen molar-refractivity contribution < 1.29 is 9.15 Å². The first kappa shape index (κ1) is 17.7. The molecular weight excluding hydrogens is 388 g/mol. The number of rotatable bonds is 5. The van der Waals surface area contributed by atoms with Crippen LogP contribution in [0.5, 0.6) is 5.75 Å². The van der Waals surface area contributed by atoms with Crippen molar-refractivity contribution in [3.8, 4) is 17.2 Å². The van der Waals surface area contributed by atoms with E-state index < -0.39 is 0 Å². The summed E-state index contributed by atoms with van der Waals surface area (Å²) in [4.78, 5) is 10.2. The largest absolute Gasteiger partial charge is 0.497 e. The number of aromatic nitrogens is 1. The molecule has 1 aliphatic rings. The fourth-order valence-electron chi connectivity index (χ4n) is 3.77. The molecule has 1 aliphatic heterocycles. The lowest BCUT2D eigenvalue weighted by Gasteiger charge is -2.34. The molecule has 5 rings (SSSR count). The zero-order valence-electron chi connectivity index (χ0n) is 15.5. The van der Waals surface area contributed by atoms with Gasteiger partial charge in [-0.3, -0.25) is 4.90 Å². The van der Waals surface area contributed by atoms with E-state index in [1.165, 1.54) is 15.3 Å². The highest BCUT2D eigenvalue weighted by Crippen LogP contribution is 2.40. The summed E-state index contributed by atoms with van der Waals surface area (Å²) in [5.74, 6) is 1.48. The highest BCUT2D eigenvalue weighted by molar-refractivity contribution is 7.10. The van der Waals surface area contributed by atoms with Gasteiger partial charge in [-0.1, -0.05) is 6.07 Å². The lowest BCUT2D eigenvalue weighted by atomic mass is 9.98. The van der Waals surface area contributed by atoms with Crippen molar-refractivity contribution >= 4 is 22.7 Å². The predicted molar refractivity (Wildman–Crippen MR) is 113 cm³/mol. The minimum atomic E-state index is 0.302. The van der Waals surface area contributed by atoms with Gasteiger partial charge >= 0.3 is 0 Å². The monoisotopic (exact) mass is 408 g/mol. The fraction of sp³-hybridized carbons (Fsp3) is 0.227. The Morgan fingerprint density at radius 3 is 2.82 bits per heavy atom. The number of hydrogen-bond donors (Lipinski definition) is 0. The van der Waals surface area contributed by atoms with E-state index in [9.17, 15) is 0 Å². The van der Waals surface area contributed by atoms with Crippen LogP contribution in [-0.2, 0) is 13.0 Å². The van der Waals surface area contributed by atoms with E-state index in [-0.39, 0.29) is 0 Å². The lowest BCUT2D eigenvalue weighted by Crippen LogP contribution is -2.34. The highest BCUT2D eigenvalue weighted by Gasteiger charge is 2.30. The Morgan fingerprint density at radius 1 is 1.14 bits per heavy atom. The lowest BCUT2D eigenvalue weighted by molar-refractivity contribution is 0.206. The van der Waals surface area contributed by atoms with Crippen molar-refractivity contribution in [2.45, 2.75) is 19.0 Å². The Labute approximate surface area is 172 Å². The van der Waals surface area contributed by atoms with Crippen molar-refractivity contribution in [1.29, 1.82) is 0 Å². The molecule has 4 nitrogen and oxygen atoms in total. The van der Waals surface area contributed by atoms with Crippen molar-refractivity contribution in [2.75, 3.05) is 13.7 Å². The Kier molecular flexibility index (Phi) is 4.76. The topological polar surface area (TPSA) is 38.5 Å². The molecule has 0 aliphatic carbocycles. The maximum Gasteiger partial charge on any atom is 0.226 e. The molecule has 4 heterocycles. The molecule has 6 heteroatoms. The van der Waals surface area contributed by atoms with Gasteiger partial charge in [0.15, 0.2) is 0 Å². The first-order chi connectivity index (χ1) is 13.8. The molecule has 28 heavy (non-hydrogen) atoms. The standard InChI is InChI=1S/C22H20N2O2S2/c1-25-17-6-4-15(5-7-17)22-23-16(14-26-22)13-24-10-8-19-18(9-12-28-19)21(24)20-3-2-11-27-20/h2-7,9,11-12,14,21H,8,10,13H2,1H3. The van der Waals surface area contributed by atoms with Crippen LogP contribution in [0.1, 0.15) is 27.1 Å². The average molecular weight is 409 g/mol. The molecule has 142 valence electrons. The molecule has 0 saturated heterocycles. The summed E-state index contributed by atoms with van der Waals surface area (Å²) in [7, 11) is 1.67. The Bertz CT molecular complexity index is 1050. The van der Waals surface area contributed by atoms with E-state index in [2.05, 4.69) is 33.9 Å². The van der Waals surface area contributed by atoms with Crippen molar-refractivity contribution in [3.63, 3.8) is 0 Å². The first-order valence-electron chi connectivity index (χ1n) is 9.24. The number of methoxy groups -OCH3 is 1. The number of oxazole rings is 1. The third-order valence-corrected chi connectivity index (χ3v) is 7.05. The molecule has 0 bridgehead atoms. The molecule has 3 aromatic heterocycles. The van der Waals surface area contributed by atoms with E-state index in [1.54, 1.807) is 13.4 Å². The van der Waals surface area contributed by atoms with Gasteiger partial charge < -0.3 is 9.15 Å². The van der Waals surface area contributed by atoms with Gasteiger partial charge in [-0.2, -0.15) is 0 Å². The minimum absolute atomic E-state index is 0.302. The van der Waals surface area contributed by atoms with Crippen LogP contribution < -0.4 is 4.74 Å². The molecule has 0 saturated carbocycles. The minimum Gasteiger partial charge on any atom is -0.497 e. The van der Waals surface area contributed by atoms with Crippen LogP contribution >= 0.6 is 22.7 Å². The summed E-state index contributed by atoms with van der Waals surface area (Å²) < 4.78 is 11.0. The van der Waals surface area contributed by atoms with Crippen LogP contribution in [0.15, 0.2) is 63.9 Å². The van der Waals surface area contributed by atoms with E-state index >= 15 is 0 Å². The van der Waals surface area contributed by atoms with Crippen LogP contribution in [0.4, 0.5) is 0 Å². The van der Waals surface area contributed by atoms with Gasteiger partial charge in [0.1, 0.15) is 12.0 Å². The zero-order chi connectivity index (χ0) is 18.9. The number of nitrogens with zero attached hydrogens (tertiary/aromatic N) is 2. The van der Waals surface area contributed by atoms with Gasteiger partial charge in [-0.25, -0.2) is 4.98 Å². The van der Waals surface area contributed by atoms with Gasteiger partial charge in [0, 0.05) is 28.4 Å². The van der Waals surface area contributed by atoms with Crippen LogP contribution in [0.2, 0.25) is 0 Å². The molecule has 0 fully saturated rings. The molecule has 0 spiro atoms. The fourth-order valence-corrected chi connectivity index (χ4v) is 5.55. The Balaban J connectivity index is 1.40. The predicted octanol–water partition coefficient (Wildman–Crippen LogP) is 5.62. The molecule has 0 N–H and O–H groups in total. The summed E-state index contributed by atoms with van der Waals surface area (Å²) in [5, 5.41) is 4.37. The van der Waals surface area contributed by atoms with E-state index in [1.807, 2.05) is 46.9 Å². The van der Waals surface area contributed by atoms with Crippen LogP contribution in [0, 0.1) is 0 Å². The molecule has 0 amide bonds. The van der Waals surface area contributed by atoms with E-state index in [0.717, 1.165) is 36.5 Å². The van der Waals surface area contributed by atoms with Crippen molar-refractivity contribution in [3.05, 3.63) is 80.5 Å². The molecular formula is C22H20N2O2S2. The van der Waals surface area contributed by atoms with Crippen molar-refractivity contribution in [1.82, 2.24) is 9.88 Å². The third kappa shape index (κ3) is 3.28. The number of ether oxygens (including phenoxy) is 1. The molecule has 1 atom stereocenters. The quantitative estimate of drug-likeness (QED) is 0.429. The van der Waals surface area contributed by atoms with Crippen LogP contribution in [-0.4, -0.2) is 23.5 Å². The van der Waals surface area contributed by atoms with Crippen molar-refractivity contribution in [2.24, 2.45) is 0 Å². The number of hydrogen-bond acceptors (Lipinski definition) is 6. The molecule has 1 aromatic carbocycles. The number of thiophene rings is 2. The second kappa shape index (κ2) is 7.54. The number of benzene rings is 1. The number of fused-ring (bicyclic) bond motifs is 1. The van der Waals surface area contributed by atoms with Gasteiger partial charge in [-0.05, 0) is 59.1 Å². The van der Waals surface area contributed by atoms with E-state index in [0.29, 0.717) is 11.9 Å². The molecule has 1 unspecified atom stereocenters. The zero-order valence-corrected chi connectivity index (χ0v) is 17.1. The summed E-state index contributed by atoms with van der Waals surface area (Å²) in [6.07, 6.45) is 2.88. The summed E-state index contributed by atoms with van der Waals surface area (Å²) in [5.41, 5.74) is 3.37. The van der Waals surface area contributed by atoms with Gasteiger partial charge in [0.2, 0.25) is 5.89 Å². The van der Waals surface area contributed by atoms with Gasteiger partial charge in [0.25, 0.3) is 0 Å². The normalized spacial score (nSPS) is 16.8. The van der Waals surface area contributed by atoms with Gasteiger partial charge in [0.05, 0.1) is 18.8 Å². The molecule has 4 aromatic rings. The smallest absolute Gasteiger partial charge is 0.226 e. The summed E-state index contributed by atoms with van der Waals surface area (Å²) >= 11 is 3.70. The SMILES string of the molecule is COc1ccc(-c2nc(CN3CCc4sccc4C3c3cccs3)co2)cc1. The first-order valence-corrected chi connectivity index (χ1v) is 11.0.